The van der Waals surface area contributed by atoms with E-state index >= 15 is 0 Å². The van der Waals surface area contributed by atoms with Gasteiger partial charge in [-0.3, -0.25) is 10.00 Å². The molecule has 24 heavy (non-hydrogen) atoms. The average molecular weight is 351 g/mol. The number of hydrogen-bond donors (Lipinski definition) is 1. The molecule has 2 rings (SSSR count). The summed E-state index contributed by atoms with van der Waals surface area (Å²) in [5, 5.41) is 17.9. The third-order valence-electron chi connectivity index (χ3n) is 3.06. The van der Waals surface area contributed by atoms with Crippen LogP contribution in [0.4, 0.5) is 13.2 Å². The third-order valence-corrected chi connectivity index (χ3v) is 3.06. The Morgan fingerprint density at radius 2 is 1.96 bits per heavy atom. The molecule has 1 unspecified atom stereocenters. The normalized spacial score (nSPS) is 12.3. The molecule has 0 radical (unpaired) electrons. The van der Waals surface area contributed by atoms with Crippen LogP contribution in [-0.4, -0.2) is 22.1 Å². The molecule has 124 valence electrons. The van der Waals surface area contributed by atoms with E-state index in [0.29, 0.717) is 11.3 Å². The fraction of sp³-hybridized carbons (Fsp3) is 0.286. The fourth-order valence-electron chi connectivity index (χ4n) is 2.00. The zero-order valence-electron chi connectivity index (χ0n) is 13.0. The summed E-state index contributed by atoms with van der Waals surface area (Å²) in [6.07, 6.45) is -3.30. The maximum Gasteiger partial charge on any atom is 1.00 e. The number of aliphatic carboxylic acids is 1. The molecule has 1 N–H and O–H groups in total. The van der Waals surface area contributed by atoms with Crippen molar-refractivity contribution in [1.82, 2.24) is 15.1 Å². The number of aromatic nitrogens is 2. The van der Waals surface area contributed by atoms with Gasteiger partial charge in [-0.1, -0.05) is 12.1 Å². The van der Waals surface area contributed by atoms with E-state index in [1.54, 1.807) is 7.05 Å². The monoisotopic (exact) mass is 351 g/mol. The van der Waals surface area contributed by atoms with E-state index in [2.05, 4.69) is 15.2 Å². The molecule has 0 saturated carbocycles. The predicted molar refractivity (Wildman–Crippen MR) is 70.9 cm³/mol. The number of halogens is 3. The Balaban J connectivity index is 0.00000288. The topological polar surface area (TPSA) is 79.2 Å². The Hall–Kier alpha value is -1.55. The Labute approximate surface area is 157 Å². The number of benzene rings is 1. The van der Waals surface area contributed by atoms with Gasteiger partial charge < -0.3 is 14.6 Å². The van der Waals surface area contributed by atoms with Gasteiger partial charge in [0.15, 0.2) is 0 Å². The van der Waals surface area contributed by atoms with E-state index < -0.39 is 18.4 Å². The molecule has 1 aromatic carbocycles. The molecular formula is C14H13F3N3NaO3. The number of carboxylic acid groups (broad SMARTS) is 1. The van der Waals surface area contributed by atoms with Crippen LogP contribution < -0.4 is 44.7 Å². The van der Waals surface area contributed by atoms with Gasteiger partial charge in [-0.2, -0.15) is 5.10 Å². The van der Waals surface area contributed by atoms with Gasteiger partial charge in [-0.15, -0.1) is 13.2 Å². The van der Waals surface area contributed by atoms with E-state index in [4.69, 9.17) is 0 Å². The van der Waals surface area contributed by atoms with Crippen LogP contribution in [0, 0.1) is 0 Å². The molecular weight excluding hydrogens is 338 g/mol. The van der Waals surface area contributed by atoms with Crippen molar-refractivity contribution in [3.8, 4) is 5.75 Å². The summed E-state index contributed by atoms with van der Waals surface area (Å²) >= 11 is 0. The van der Waals surface area contributed by atoms with Crippen molar-refractivity contribution in [2.24, 2.45) is 7.05 Å². The second kappa shape index (κ2) is 8.52. The predicted octanol–water partition coefficient (Wildman–Crippen LogP) is -2.10. The van der Waals surface area contributed by atoms with Crippen molar-refractivity contribution in [1.29, 1.82) is 0 Å². The Morgan fingerprint density at radius 3 is 2.42 bits per heavy atom. The van der Waals surface area contributed by atoms with Crippen LogP contribution in [0.15, 0.2) is 36.5 Å². The molecule has 0 fully saturated rings. The van der Waals surface area contributed by atoms with Crippen LogP contribution in [0.3, 0.4) is 0 Å². The summed E-state index contributed by atoms with van der Waals surface area (Å²) in [7, 11) is 1.59. The van der Waals surface area contributed by atoms with Gasteiger partial charge in [-0.05, 0) is 23.8 Å². The number of alkyl halides is 3. The summed E-state index contributed by atoms with van der Waals surface area (Å²) in [5.41, 5.74) is 0.995. The minimum absolute atomic E-state index is 0. The molecule has 0 saturated heterocycles. The maximum atomic E-state index is 12.1. The standard InChI is InChI=1S/C14H14F3N3O3.Na/c1-20-11(6-7-19-20)12(13(21)22)18-8-9-2-4-10(5-3-9)23-14(15,16)17;/h2-7,12,18H,8H2,1H3,(H,21,22);/q;+1/p-1. The number of nitrogens with one attached hydrogen (secondary N) is 1. The first-order valence-electron chi connectivity index (χ1n) is 6.53. The minimum atomic E-state index is -4.75. The number of nitrogens with zero attached hydrogens (tertiary/aromatic N) is 2. The van der Waals surface area contributed by atoms with E-state index in [1.165, 1.54) is 29.1 Å². The van der Waals surface area contributed by atoms with Gasteiger partial charge in [0.05, 0.1) is 17.7 Å². The van der Waals surface area contributed by atoms with Crippen molar-refractivity contribution in [3.63, 3.8) is 0 Å². The zero-order chi connectivity index (χ0) is 17.0. The van der Waals surface area contributed by atoms with Gasteiger partial charge in [0.1, 0.15) is 5.75 Å². The van der Waals surface area contributed by atoms with E-state index in [1.807, 2.05) is 0 Å². The van der Waals surface area contributed by atoms with Gasteiger partial charge in [0, 0.05) is 19.8 Å². The van der Waals surface area contributed by atoms with E-state index in [-0.39, 0.29) is 41.9 Å². The SMILES string of the molecule is Cn1nccc1C(NCc1ccc(OC(F)(F)F)cc1)C(=O)[O-].[Na+]. The largest absolute Gasteiger partial charge is 1.00 e. The molecule has 0 aliphatic carbocycles. The molecule has 0 spiro atoms. The first-order chi connectivity index (χ1) is 10.8. The molecule has 1 aromatic heterocycles. The van der Waals surface area contributed by atoms with E-state index in [0.717, 1.165) is 12.1 Å². The fourth-order valence-corrected chi connectivity index (χ4v) is 2.00. The first kappa shape index (κ1) is 20.5. The maximum absolute atomic E-state index is 12.1. The first-order valence-corrected chi connectivity index (χ1v) is 6.53. The summed E-state index contributed by atoms with van der Waals surface area (Å²) in [6.45, 7) is 0.121. The number of rotatable bonds is 6. The Bertz CT molecular complexity index is 674. The number of aryl methyl sites for hydroxylation is 1. The van der Waals surface area contributed by atoms with Crippen LogP contribution in [0.2, 0.25) is 0 Å². The summed E-state index contributed by atoms with van der Waals surface area (Å²) in [5.74, 6) is -1.67. The zero-order valence-corrected chi connectivity index (χ0v) is 15.0. The van der Waals surface area contributed by atoms with Crippen molar-refractivity contribution in [3.05, 3.63) is 47.8 Å². The van der Waals surface area contributed by atoms with Crippen LogP contribution in [0.25, 0.3) is 0 Å². The van der Waals surface area contributed by atoms with Crippen LogP contribution in [0.5, 0.6) is 5.75 Å². The van der Waals surface area contributed by atoms with Gasteiger partial charge in [0.2, 0.25) is 0 Å². The van der Waals surface area contributed by atoms with Crippen molar-refractivity contribution in [2.75, 3.05) is 0 Å². The quantitative estimate of drug-likeness (QED) is 0.604. The molecule has 0 bridgehead atoms. The molecule has 6 nitrogen and oxygen atoms in total. The van der Waals surface area contributed by atoms with Crippen LogP contribution in [0.1, 0.15) is 17.3 Å². The van der Waals surface area contributed by atoms with Crippen molar-refractivity contribution < 1.29 is 57.4 Å². The molecule has 2 aromatic rings. The van der Waals surface area contributed by atoms with Crippen molar-refractivity contribution >= 4 is 5.97 Å². The molecule has 1 heterocycles. The van der Waals surface area contributed by atoms with Gasteiger partial charge >= 0.3 is 35.9 Å². The second-order valence-electron chi connectivity index (χ2n) is 4.70. The Morgan fingerprint density at radius 1 is 1.33 bits per heavy atom. The average Bonchev–Trinajstić information content (AvgIpc) is 2.85. The number of carbonyl (C=O) groups is 1. The van der Waals surface area contributed by atoms with Gasteiger partial charge in [0.25, 0.3) is 0 Å². The molecule has 1 atom stereocenters. The van der Waals surface area contributed by atoms with Crippen LogP contribution in [-0.2, 0) is 18.4 Å². The summed E-state index contributed by atoms with van der Waals surface area (Å²) < 4.78 is 41.3. The van der Waals surface area contributed by atoms with Crippen LogP contribution >= 0.6 is 0 Å². The Kier molecular flexibility index (Phi) is 7.27. The second-order valence-corrected chi connectivity index (χ2v) is 4.70. The third kappa shape index (κ3) is 5.82. The molecule has 0 aliphatic rings. The van der Waals surface area contributed by atoms with E-state index in [9.17, 15) is 23.1 Å². The van der Waals surface area contributed by atoms with Gasteiger partial charge in [-0.25, -0.2) is 0 Å². The number of hydrogen-bond acceptors (Lipinski definition) is 5. The molecule has 10 heteroatoms. The van der Waals surface area contributed by atoms with Crippen molar-refractivity contribution in [2.45, 2.75) is 18.9 Å². The molecule has 0 aliphatic heterocycles. The smallest absolute Gasteiger partial charge is 0.548 e. The number of carboxylic acids is 1. The summed E-state index contributed by atoms with van der Waals surface area (Å²) in [4.78, 5) is 11.2. The summed E-state index contributed by atoms with van der Waals surface area (Å²) in [6, 6.07) is 5.57. The minimum Gasteiger partial charge on any atom is -0.548 e. The molecule has 0 amide bonds. The number of carbonyl (C=O) groups excluding carboxylic acids is 1. The number of ether oxygens (including phenoxy) is 1.